The van der Waals surface area contributed by atoms with E-state index in [1.165, 1.54) is 10.9 Å². The molecule has 0 atom stereocenters. The number of pyridine rings is 2. The van der Waals surface area contributed by atoms with Gasteiger partial charge in [-0.05, 0) is 35.6 Å². The van der Waals surface area contributed by atoms with Crippen LogP contribution in [0.25, 0.3) is 10.8 Å². The van der Waals surface area contributed by atoms with Crippen molar-refractivity contribution in [1.82, 2.24) is 9.97 Å². The number of hydrogen-bond donors (Lipinski definition) is 1. The highest BCUT2D eigenvalue weighted by Gasteiger charge is 2.02. The average Bonchev–Trinajstić information content (AvgIpc) is 2.48. The number of aromatic nitrogens is 2. The van der Waals surface area contributed by atoms with E-state index >= 15 is 0 Å². The summed E-state index contributed by atoms with van der Waals surface area (Å²) in [6.45, 7) is 2.69. The van der Waals surface area contributed by atoms with Crippen LogP contribution < -0.4 is 5.32 Å². The first-order valence-electron chi connectivity index (χ1n) is 6.42. The van der Waals surface area contributed by atoms with Gasteiger partial charge >= 0.3 is 0 Å². The summed E-state index contributed by atoms with van der Waals surface area (Å²) >= 11 is 5.93. The van der Waals surface area contributed by atoms with E-state index in [1.54, 1.807) is 6.20 Å². The normalized spacial score (nSPS) is 10.7. The maximum absolute atomic E-state index is 5.93. The third-order valence-corrected chi connectivity index (χ3v) is 3.66. The third-order valence-electron chi connectivity index (χ3n) is 3.27. The van der Waals surface area contributed by atoms with Gasteiger partial charge < -0.3 is 5.32 Å². The van der Waals surface area contributed by atoms with Crippen molar-refractivity contribution in [2.45, 2.75) is 13.5 Å². The Morgan fingerprint density at radius 3 is 2.95 bits per heavy atom. The van der Waals surface area contributed by atoms with Gasteiger partial charge in [-0.25, -0.2) is 4.98 Å². The van der Waals surface area contributed by atoms with E-state index in [-0.39, 0.29) is 0 Å². The number of nitrogens with one attached hydrogen (secondary N) is 1. The first-order chi connectivity index (χ1) is 9.74. The molecule has 3 rings (SSSR count). The van der Waals surface area contributed by atoms with Gasteiger partial charge in [0.1, 0.15) is 5.15 Å². The molecule has 3 aromatic rings. The van der Waals surface area contributed by atoms with Crippen molar-refractivity contribution in [2.75, 3.05) is 5.32 Å². The lowest BCUT2D eigenvalue weighted by atomic mass is 10.1. The number of anilines is 1. The van der Waals surface area contributed by atoms with Gasteiger partial charge in [0.2, 0.25) is 0 Å². The standard InChI is InChI=1S/C16H14ClN3/c1-11-7-14(10-20-16(11)17)19-9-13-4-2-3-12-8-18-6-5-15(12)13/h2-8,10,19H,9H2,1H3. The van der Waals surface area contributed by atoms with Crippen molar-refractivity contribution in [3.8, 4) is 0 Å². The maximum atomic E-state index is 5.93. The van der Waals surface area contributed by atoms with Gasteiger partial charge in [-0.15, -0.1) is 0 Å². The van der Waals surface area contributed by atoms with E-state index in [0.717, 1.165) is 23.2 Å². The quantitative estimate of drug-likeness (QED) is 0.732. The Hall–Kier alpha value is -2.13. The molecule has 0 aliphatic carbocycles. The minimum absolute atomic E-state index is 0.548. The Labute approximate surface area is 122 Å². The summed E-state index contributed by atoms with van der Waals surface area (Å²) < 4.78 is 0. The molecule has 0 bridgehead atoms. The van der Waals surface area contributed by atoms with Crippen molar-refractivity contribution < 1.29 is 0 Å². The zero-order valence-corrected chi connectivity index (χ0v) is 11.9. The monoisotopic (exact) mass is 283 g/mol. The maximum Gasteiger partial charge on any atom is 0.132 e. The van der Waals surface area contributed by atoms with Crippen LogP contribution in [0.2, 0.25) is 5.15 Å². The first kappa shape index (κ1) is 12.9. The van der Waals surface area contributed by atoms with Crippen LogP contribution in [0.15, 0.2) is 48.9 Å². The molecule has 2 heterocycles. The summed E-state index contributed by atoms with van der Waals surface area (Å²) in [5, 5.41) is 6.29. The van der Waals surface area contributed by atoms with Crippen molar-refractivity contribution >= 4 is 28.1 Å². The molecule has 0 saturated heterocycles. The summed E-state index contributed by atoms with van der Waals surface area (Å²) in [7, 11) is 0. The highest BCUT2D eigenvalue weighted by atomic mass is 35.5. The van der Waals surface area contributed by atoms with Gasteiger partial charge in [-0.2, -0.15) is 0 Å². The zero-order valence-electron chi connectivity index (χ0n) is 11.1. The largest absolute Gasteiger partial charge is 0.380 e. The van der Waals surface area contributed by atoms with Crippen LogP contribution in [-0.4, -0.2) is 9.97 Å². The van der Waals surface area contributed by atoms with Crippen molar-refractivity contribution in [3.05, 3.63) is 65.2 Å². The second-order valence-electron chi connectivity index (χ2n) is 4.70. The van der Waals surface area contributed by atoms with Gasteiger partial charge in [-0.3, -0.25) is 4.98 Å². The van der Waals surface area contributed by atoms with Crippen LogP contribution in [0.4, 0.5) is 5.69 Å². The van der Waals surface area contributed by atoms with E-state index < -0.39 is 0 Å². The molecule has 20 heavy (non-hydrogen) atoms. The van der Waals surface area contributed by atoms with Crippen LogP contribution in [-0.2, 0) is 6.54 Å². The minimum Gasteiger partial charge on any atom is -0.380 e. The first-order valence-corrected chi connectivity index (χ1v) is 6.79. The lowest BCUT2D eigenvalue weighted by Gasteiger charge is -2.10. The second kappa shape index (κ2) is 5.47. The highest BCUT2D eigenvalue weighted by Crippen LogP contribution is 2.20. The summed E-state index contributed by atoms with van der Waals surface area (Å²) in [5.41, 5.74) is 3.18. The molecule has 1 aromatic carbocycles. The molecular weight excluding hydrogens is 270 g/mol. The van der Waals surface area contributed by atoms with E-state index in [9.17, 15) is 0 Å². The van der Waals surface area contributed by atoms with Gasteiger partial charge in [-0.1, -0.05) is 29.8 Å². The van der Waals surface area contributed by atoms with Crippen LogP contribution in [0.1, 0.15) is 11.1 Å². The van der Waals surface area contributed by atoms with Gasteiger partial charge in [0.15, 0.2) is 0 Å². The molecule has 0 aliphatic rings. The topological polar surface area (TPSA) is 37.8 Å². The molecule has 0 unspecified atom stereocenters. The van der Waals surface area contributed by atoms with E-state index in [2.05, 4.69) is 27.4 Å². The Balaban J connectivity index is 1.85. The van der Waals surface area contributed by atoms with E-state index in [4.69, 9.17) is 11.6 Å². The van der Waals surface area contributed by atoms with Crippen LogP contribution in [0.3, 0.4) is 0 Å². The summed E-state index contributed by atoms with van der Waals surface area (Å²) in [6, 6.07) is 10.3. The smallest absolute Gasteiger partial charge is 0.132 e. The lowest BCUT2D eigenvalue weighted by Crippen LogP contribution is -2.01. The average molecular weight is 284 g/mol. The molecule has 0 aliphatic heterocycles. The fourth-order valence-corrected chi connectivity index (χ4v) is 2.30. The lowest BCUT2D eigenvalue weighted by molar-refractivity contribution is 1.14. The van der Waals surface area contributed by atoms with Gasteiger partial charge in [0.05, 0.1) is 11.9 Å². The predicted octanol–water partition coefficient (Wildman–Crippen LogP) is 4.20. The van der Waals surface area contributed by atoms with Crippen molar-refractivity contribution in [2.24, 2.45) is 0 Å². The van der Waals surface area contributed by atoms with Crippen LogP contribution >= 0.6 is 11.6 Å². The molecular formula is C16H14ClN3. The fourth-order valence-electron chi connectivity index (χ4n) is 2.20. The van der Waals surface area contributed by atoms with Gasteiger partial charge in [0, 0.05) is 24.3 Å². The SMILES string of the molecule is Cc1cc(NCc2cccc3cnccc23)cnc1Cl. The number of rotatable bonds is 3. The van der Waals surface area contributed by atoms with Crippen LogP contribution in [0, 0.1) is 6.92 Å². The molecule has 2 aromatic heterocycles. The summed E-state index contributed by atoms with van der Waals surface area (Å²) in [6.07, 6.45) is 5.45. The molecule has 0 spiro atoms. The number of nitrogens with zero attached hydrogens (tertiary/aromatic N) is 2. The third kappa shape index (κ3) is 2.58. The highest BCUT2D eigenvalue weighted by molar-refractivity contribution is 6.30. The van der Waals surface area contributed by atoms with Gasteiger partial charge in [0.25, 0.3) is 0 Å². The molecule has 1 N–H and O–H groups in total. The Kier molecular flexibility index (Phi) is 3.52. The molecule has 3 nitrogen and oxygen atoms in total. The predicted molar refractivity (Wildman–Crippen MR) is 83.1 cm³/mol. The molecule has 0 saturated carbocycles. The Morgan fingerprint density at radius 2 is 2.10 bits per heavy atom. The summed E-state index contributed by atoms with van der Waals surface area (Å²) in [4.78, 5) is 8.29. The molecule has 0 fully saturated rings. The Morgan fingerprint density at radius 1 is 1.20 bits per heavy atom. The zero-order chi connectivity index (χ0) is 13.9. The van der Waals surface area contributed by atoms with E-state index in [1.807, 2.05) is 37.5 Å². The molecule has 100 valence electrons. The molecule has 0 radical (unpaired) electrons. The van der Waals surface area contributed by atoms with E-state index in [0.29, 0.717) is 5.15 Å². The summed E-state index contributed by atoms with van der Waals surface area (Å²) in [5.74, 6) is 0. The van der Waals surface area contributed by atoms with Crippen LogP contribution in [0.5, 0.6) is 0 Å². The minimum atomic E-state index is 0.548. The number of benzene rings is 1. The molecule has 0 amide bonds. The fraction of sp³-hybridized carbons (Fsp3) is 0.125. The number of halogens is 1. The van der Waals surface area contributed by atoms with Crippen molar-refractivity contribution in [3.63, 3.8) is 0 Å². The van der Waals surface area contributed by atoms with Crippen molar-refractivity contribution in [1.29, 1.82) is 0 Å². The number of fused-ring (bicyclic) bond motifs is 1. The number of aryl methyl sites for hydroxylation is 1. The Bertz CT molecular complexity index is 750. The molecule has 4 heteroatoms. The second-order valence-corrected chi connectivity index (χ2v) is 5.06. The number of hydrogen-bond acceptors (Lipinski definition) is 3.